The third-order valence-corrected chi connectivity index (χ3v) is 3.71. The van der Waals surface area contributed by atoms with E-state index >= 15 is 0 Å². The average molecular weight is 282 g/mol. The van der Waals surface area contributed by atoms with E-state index in [0.29, 0.717) is 18.2 Å². The molecule has 18 heavy (non-hydrogen) atoms. The summed E-state index contributed by atoms with van der Waals surface area (Å²) >= 11 is 7.86. The molecule has 0 atom stereocenters. The van der Waals surface area contributed by atoms with Crippen LogP contribution >= 0.6 is 22.9 Å². The van der Waals surface area contributed by atoms with Crippen LogP contribution in [0, 0.1) is 0 Å². The van der Waals surface area contributed by atoms with E-state index in [2.05, 4.69) is 16.8 Å². The Morgan fingerprint density at radius 2 is 2.11 bits per heavy atom. The fourth-order valence-corrected chi connectivity index (χ4v) is 2.73. The summed E-state index contributed by atoms with van der Waals surface area (Å²) in [4.78, 5) is 0. The minimum Gasteiger partial charge on any atom is -0.491 e. The van der Waals surface area contributed by atoms with Gasteiger partial charge in [0, 0.05) is 6.42 Å². The van der Waals surface area contributed by atoms with Crippen molar-refractivity contribution in [2.24, 2.45) is 5.73 Å². The first-order chi connectivity index (χ1) is 8.81. The van der Waals surface area contributed by atoms with Crippen LogP contribution in [0.15, 0.2) is 35.0 Å². The summed E-state index contributed by atoms with van der Waals surface area (Å²) in [6.07, 6.45) is 1.69. The maximum absolute atomic E-state index is 6.16. The number of nitrogens with two attached hydrogens (primary N) is 1. The lowest BCUT2D eigenvalue weighted by Crippen LogP contribution is -2.07. The molecule has 0 bridgehead atoms. The fourth-order valence-electron chi connectivity index (χ4n) is 1.77. The van der Waals surface area contributed by atoms with E-state index in [0.717, 1.165) is 24.2 Å². The molecule has 0 radical (unpaired) electrons. The molecule has 2 nitrogen and oxygen atoms in total. The number of para-hydroxylation sites is 1. The average Bonchev–Trinajstić information content (AvgIpc) is 2.86. The molecule has 0 fully saturated rings. The Balaban J connectivity index is 1.99. The van der Waals surface area contributed by atoms with Crippen molar-refractivity contribution in [2.45, 2.75) is 12.8 Å². The molecule has 0 aliphatic carbocycles. The van der Waals surface area contributed by atoms with Crippen LogP contribution in [0.25, 0.3) is 0 Å². The molecule has 1 aromatic heterocycles. The number of thiophene rings is 1. The van der Waals surface area contributed by atoms with E-state index < -0.39 is 0 Å². The Hall–Kier alpha value is -1.03. The van der Waals surface area contributed by atoms with Crippen LogP contribution in [-0.4, -0.2) is 13.2 Å². The van der Waals surface area contributed by atoms with Crippen molar-refractivity contribution in [1.82, 2.24) is 0 Å². The van der Waals surface area contributed by atoms with E-state index in [4.69, 9.17) is 22.1 Å². The quantitative estimate of drug-likeness (QED) is 0.879. The van der Waals surface area contributed by atoms with Crippen LogP contribution < -0.4 is 10.5 Å². The molecule has 1 aromatic carbocycles. The predicted octanol–water partition coefficient (Wildman–Crippen LogP) is 3.52. The predicted molar refractivity (Wildman–Crippen MR) is 77.7 cm³/mol. The zero-order chi connectivity index (χ0) is 12.8. The summed E-state index contributed by atoms with van der Waals surface area (Å²) in [6.45, 7) is 1.24. The van der Waals surface area contributed by atoms with Gasteiger partial charge < -0.3 is 10.5 Å². The minimum absolute atomic E-state index is 0.598. The summed E-state index contributed by atoms with van der Waals surface area (Å²) in [5.74, 6) is 0.778. The number of halogens is 1. The van der Waals surface area contributed by atoms with Crippen LogP contribution in [0.1, 0.15) is 11.1 Å². The maximum Gasteiger partial charge on any atom is 0.141 e. The second kappa shape index (κ2) is 6.78. The van der Waals surface area contributed by atoms with Crippen LogP contribution in [0.2, 0.25) is 5.02 Å². The van der Waals surface area contributed by atoms with Gasteiger partial charge in [-0.05, 0) is 47.0 Å². The summed E-state index contributed by atoms with van der Waals surface area (Å²) in [5.41, 5.74) is 7.97. The van der Waals surface area contributed by atoms with Gasteiger partial charge in [0.05, 0.1) is 11.6 Å². The van der Waals surface area contributed by atoms with Crippen molar-refractivity contribution in [3.05, 3.63) is 51.2 Å². The SMILES string of the molecule is NCCc1cccc(Cl)c1OCCc1ccsc1. The summed E-state index contributed by atoms with van der Waals surface area (Å²) in [5, 5.41) is 4.87. The molecule has 0 amide bonds. The summed E-state index contributed by atoms with van der Waals surface area (Å²) in [7, 11) is 0. The largest absolute Gasteiger partial charge is 0.491 e. The van der Waals surface area contributed by atoms with Gasteiger partial charge in [-0.3, -0.25) is 0 Å². The van der Waals surface area contributed by atoms with Gasteiger partial charge in [-0.25, -0.2) is 0 Å². The summed E-state index contributed by atoms with van der Waals surface area (Å²) < 4.78 is 5.81. The zero-order valence-corrected chi connectivity index (χ0v) is 11.6. The molecule has 0 aliphatic rings. The van der Waals surface area contributed by atoms with Gasteiger partial charge in [-0.15, -0.1) is 0 Å². The smallest absolute Gasteiger partial charge is 0.141 e. The Kier molecular flexibility index (Phi) is 5.05. The van der Waals surface area contributed by atoms with E-state index in [9.17, 15) is 0 Å². The molecule has 2 aromatic rings. The lowest BCUT2D eigenvalue weighted by Gasteiger charge is -2.12. The van der Waals surface area contributed by atoms with Crippen LogP contribution in [-0.2, 0) is 12.8 Å². The number of ether oxygens (including phenoxy) is 1. The third kappa shape index (κ3) is 3.48. The first-order valence-corrected chi connectivity index (χ1v) is 7.24. The van der Waals surface area contributed by atoms with Crippen LogP contribution in [0.4, 0.5) is 0 Å². The highest BCUT2D eigenvalue weighted by Crippen LogP contribution is 2.29. The number of benzene rings is 1. The van der Waals surface area contributed by atoms with Gasteiger partial charge in [0.2, 0.25) is 0 Å². The Labute approximate surface area is 116 Å². The Morgan fingerprint density at radius 1 is 1.22 bits per heavy atom. The van der Waals surface area contributed by atoms with E-state index in [1.165, 1.54) is 5.56 Å². The first kappa shape index (κ1) is 13.4. The monoisotopic (exact) mass is 281 g/mol. The van der Waals surface area contributed by atoms with Gasteiger partial charge in [0.1, 0.15) is 5.75 Å². The van der Waals surface area contributed by atoms with Crippen molar-refractivity contribution >= 4 is 22.9 Å². The maximum atomic E-state index is 6.16. The van der Waals surface area contributed by atoms with Gasteiger partial charge in [0.25, 0.3) is 0 Å². The lowest BCUT2D eigenvalue weighted by molar-refractivity contribution is 0.319. The van der Waals surface area contributed by atoms with Gasteiger partial charge >= 0.3 is 0 Å². The third-order valence-electron chi connectivity index (χ3n) is 2.68. The van der Waals surface area contributed by atoms with E-state index in [1.54, 1.807) is 11.3 Å². The van der Waals surface area contributed by atoms with Gasteiger partial charge in [0.15, 0.2) is 0 Å². The Bertz CT molecular complexity index is 485. The first-order valence-electron chi connectivity index (χ1n) is 5.92. The number of hydrogen-bond donors (Lipinski definition) is 1. The van der Waals surface area contributed by atoms with Crippen molar-refractivity contribution in [1.29, 1.82) is 0 Å². The molecule has 96 valence electrons. The number of rotatable bonds is 6. The number of hydrogen-bond acceptors (Lipinski definition) is 3. The van der Waals surface area contributed by atoms with Crippen LogP contribution in [0.3, 0.4) is 0 Å². The molecule has 2 rings (SSSR count). The van der Waals surface area contributed by atoms with Crippen molar-refractivity contribution < 1.29 is 4.74 Å². The normalized spacial score (nSPS) is 10.6. The van der Waals surface area contributed by atoms with Crippen molar-refractivity contribution in [3.8, 4) is 5.75 Å². The molecular weight excluding hydrogens is 266 g/mol. The summed E-state index contributed by atoms with van der Waals surface area (Å²) in [6, 6.07) is 7.90. The highest BCUT2D eigenvalue weighted by atomic mass is 35.5. The van der Waals surface area contributed by atoms with E-state index in [1.807, 2.05) is 18.2 Å². The zero-order valence-electron chi connectivity index (χ0n) is 10.1. The fraction of sp³-hybridized carbons (Fsp3) is 0.286. The molecule has 0 saturated heterocycles. The second-order valence-electron chi connectivity index (χ2n) is 4.00. The van der Waals surface area contributed by atoms with Gasteiger partial charge in [-0.1, -0.05) is 23.7 Å². The molecule has 0 unspecified atom stereocenters. The molecule has 0 saturated carbocycles. The minimum atomic E-state index is 0.598. The van der Waals surface area contributed by atoms with Crippen molar-refractivity contribution in [3.63, 3.8) is 0 Å². The molecule has 4 heteroatoms. The highest BCUT2D eigenvalue weighted by Gasteiger charge is 2.07. The second-order valence-corrected chi connectivity index (χ2v) is 5.18. The molecule has 2 N–H and O–H groups in total. The van der Waals surface area contributed by atoms with E-state index in [-0.39, 0.29) is 0 Å². The topological polar surface area (TPSA) is 35.2 Å². The van der Waals surface area contributed by atoms with Crippen LogP contribution in [0.5, 0.6) is 5.75 Å². The van der Waals surface area contributed by atoms with Gasteiger partial charge in [-0.2, -0.15) is 11.3 Å². The molecular formula is C14H16ClNOS. The lowest BCUT2D eigenvalue weighted by atomic mass is 10.1. The molecule has 0 aliphatic heterocycles. The highest BCUT2D eigenvalue weighted by molar-refractivity contribution is 7.07. The standard InChI is InChI=1S/C14H16ClNOS/c15-13-3-1-2-12(4-7-16)14(13)17-8-5-11-6-9-18-10-11/h1-3,6,9-10H,4-5,7-8,16H2. The Morgan fingerprint density at radius 3 is 2.83 bits per heavy atom. The molecule has 0 spiro atoms. The van der Waals surface area contributed by atoms with Crippen molar-refractivity contribution in [2.75, 3.05) is 13.2 Å². The molecule has 1 heterocycles.